The molecule has 1 nitrogen and oxygen atoms in total. The highest BCUT2D eigenvalue weighted by Gasteiger charge is 2.28. The minimum absolute atomic E-state index is 0.786. The Labute approximate surface area is 104 Å². The number of benzene rings is 1. The van der Waals surface area contributed by atoms with Gasteiger partial charge in [0, 0.05) is 11.1 Å². The number of aromatic nitrogens is 1. The summed E-state index contributed by atoms with van der Waals surface area (Å²) in [6.45, 7) is 0. The topological polar surface area (TPSA) is 4.93 Å². The molecule has 3 heterocycles. The molecule has 4 bridgehead atoms. The van der Waals surface area contributed by atoms with Crippen molar-refractivity contribution < 1.29 is 0 Å². The van der Waals surface area contributed by atoms with E-state index in [9.17, 15) is 0 Å². The first-order valence-electron chi connectivity index (χ1n) is 6.20. The average molecular weight is 276 g/mol. The molecule has 0 atom stereocenters. The molecule has 2 aliphatic heterocycles. The molecule has 0 radical (unpaired) electrons. The van der Waals surface area contributed by atoms with Gasteiger partial charge in [-0.2, -0.15) is 0 Å². The van der Waals surface area contributed by atoms with Crippen molar-refractivity contribution in [3.8, 4) is 5.69 Å². The average Bonchev–Trinajstić information content (AvgIpc) is 2.44. The Hall–Kier alpha value is -0.760. The van der Waals surface area contributed by atoms with E-state index in [1.54, 1.807) is 5.56 Å². The summed E-state index contributed by atoms with van der Waals surface area (Å²) in [6.07, 6.45) is 6.98. The first-order chi connectivity index (χ1) is 7.86. The lowest BCUT2D eigenvalue weighted by molar-refractivity contribution is 0.444. The predicted molar refractivity (Wildman–Crippen MR) is 70.4 cm³/mol. The van der Waals surface area contributed by atoms with Gasteiger partial charge in [-0.15, -0.1) is 0 Å². The molecule has 0 unspecified atom stereocenters. The summed E-state index contributed by atoms with van der Waals surface area (Å²) in [5.41, 5.74) is 4.34. The van der Waals surface area contributed by atoms with Crippen LogP contribution in [0.25, 0.3) is 16.6 Å². The third-order valence-corrected chi connectivity index (χ3v) is 4.98. The Kier molecular flexibility index (Phi) is 1.82. The molecule has 0 saturated heterocycles. The molecule has 0 spiro atoms. The van der Waals surface area contributed by atoms with E-state index in [0.717, 1.165) is 5.92 Å². The minimum Gasteiger partial charge on any atom is -0.303 e. The number of hydrogen-bond donors (Lipinski definition) is 0. The predicted octanol–water partition coefficient (Wildman–Crippen LogP) is 4.75. The minimum atomic E-state index is 0.786. The molecular formula is C14H14BrN. The summed E-state index contributed by atoms with van der Waals surface area (Å²) < 4.78 is 3.69. The Morgan fingerprint density at radius 1 is 1.12 bits per heavy atom. The van der Waals surface area contributed by atoms with Crippen molar-refractivity contribution in [3.63, 3.8) is 0 Å². The Morgan fingerprint density at radius 3 is 2.62 bits per heavy atom. The van der Waals surface area contributed by atoms with Gasteiger partial charge in [-0.1, -0.05) is 25.3 Å². The zero-order valence-electron chi connectivity index (χ0n) is 9.17. The number of halogens is 1. The third-order valence-electron chi connectivity index (χ3n) is 4.20. The van der Waals surface area contributed by atoms with Crippen LogP contribution in [0.3, 0.4) is 0 Å². The molecule has 1 aliphatic carbocycles. The highest BCUT2D eigenvalue weighted by molar-refractivity contribution is 9.10. The summed E-state index contributed by atoms with van der Waals surface area (Å²) in [5.74, 6) is 0.786. The van der Waals surface area contributed by atoms with E-state index in [0.29, 0.717) is 0 Å². The van der Waals surface area contributed by atoms with Crippen LogP contribution in [0.4, 0.5) is 0 Å². The quantitative estimate of drug-likeness (QED) is 0.604. The van der Waals surface area contributed by atoms with Crippen LogP contribution in [0.2, 0.25) is 0 Å². The van der Waals surface area contributed by atoms with Crippen molar-refractivity contribution in [2.45, 2.75) is 38.0 Å². The van der Waals surface area contributed by atoms with Crippen molar-refractivity contribution in [1.29, 1.82) is 0 Å². The molecule has 1 saturated carbocycles. The van der Waals surface area contributed by atoms with Crippen LogP contribution in [-0.2, 0) is 0 Å². The van der Waals surface area contributed by atoms with Crippen molar-refractivity contribution in [2.75, 3.05) is 0 Å². The van der Waals surface area contributed by atoms with E-state index in [2.05, 4.69) is 38.7 Å². The first-order valence-corrected chi connectivity index (χ1v) is 7.00. The monoisotopic (exact) mass is 275 g/mol. The van der Waals surface area contributed by atoms with Gasteiger partial charge in [-0.3, -0.25) is 0 Å². The van der Waals surface area contributed by atoms with E-state index in [4.69, 9.17) is 0 Å². The summed E-state index contributed by atoms with van der Waals surface area (Å²) in [5, 5.41) is 1.48. The van der Waals surface area contributed by atoms with Crippen molar-refractivity contribution in [2.24, 2.45) is 0 Å². The normalized spacial score (nSPS) is 19.3. The first kappa shape index (κ1) is 9.29. The molecule has 2 heteroatoms. The van der Waals surface area contributed by atoms with Gasteiger partial charge in [-0.25, -0.2) is 0 Å². The zero-order chi connectivity index (χ0) is 10.7. The highest BCUT2D eigenvalue weighted by atomic mass is 79.9. The number of pyridine rings is 1. The van der Waals surface area contributed by atoms with E-state index < -0.39 is 0 Å². The maximum Gasteiger partial charge on any atom is 0.0938 e. The smallest absolute Gasteiger partial charge is 0.0938 e. The van der Waals surface area contributed by atoms with E-state index >= 15 is 0 Å². The molecule has 5 rings (SSSR count). The van der Waals surface area contributed by atoms with E-state index in [-0.39, 0.29) is 0 Å². The number of nitrogens with zero attached hydrogens (tertiary/aromatic N) is 1. The molecule has 1 fully saturated rings. The largest absolute Gasteiger partial charge is 0.303 e. The fourth-order valence-electron chi connectivity index (χ4n) is 3.38. The van der Waals surface area contributed by atoms with E-state index in [1.807, 2.05) is 0 Å². The molecule has 2 aromatic rings. The number of hydrogen-bond acceptors (Lipinski definition) is 0. The summed E-state index contributed by atoms with van der Waals surface area (Å²) >= 11 is 3.80. The van der Waals surface area contributed by atoms with Crippen molar-refractivity contribution in [3.05, 3.63) is 28.4 Å². The fourth-order valence-corrected chi connectivity index (χ4v) is 4.31. The van der Waals surface area contributed by atoms with Crippen LogP contribution in [-0.4, -0.2) is 4.57 Å². The maximum atomic E-state index is 3.80. The molecule has 0 N–H and O–H groups in total. The van der Waals surface area contributed by atoms with Crippen molar-refractivity contribution in [1.82, 2.24) is 4.57 Å². The number of rotatable bonds is 1. The fraction of sp³-hybridized carbons (Fsp3) is 0.429. The highest BCUT2D eigenvalue weighted by Crippen LogP contribution is 2.46. The Bertz CT molecular complexity index is 576. The maximum absolute atomic E-state index is 3.80. The van der Waals surface area contributed by atoms with Crippen LogP contribution in [0, 0.1) is 0 Å². The van der Waals surface area contributed by atoms with Gasteiger partial charge in [0.1, 0.15) is 0 Å². The van der Waals surface area contributed by atoms with Gasteiger partial charge in [0.25, 0.3) is 0 Å². The standard InChI is InChI=1S/C14H14BrN/c15-14-13(9-4-2-1-3-5-9)11-7-6-10-8-12(11)16(10)14/h6-9H,1-5H2. The summed E-state index contributed by atoms with van der Waals surface area (Å²) in [7, 11) is 0. The zero-order valence-corrected chi connectivity index (χ0v) is 10.8. The molecule has 0 amide bonds. The molecule has 1 aromatic heterocycles. The lowest BCUT2D eigenvalue weighted by atomic mass is 9.84. The van der Waals surface area contributed by atoms with Crippen LogP contribution in [0.15, 0.2) is 22.8 Å². The van der Waals surface area contributed by atoms with Crippen LogP contribution < -0.4 is 0 Å². The summed E-state index contributed by atoms with van der Waals surface area (Å²) in [4.78, 5) is 0. The van der Waals surface area contributed by atoms with Gasteiger partial charge in [0.2, 0.25) is 0 Å². The Balaban J connectivity index is 1.91. The Morgan fingerprint density at radius 2 is 1.94 bits per heavy atom. The SMILES string of the molecule is Brc1c(C2CCCCC2)c2ccc3cc2n1-3. The van der Waals surface area contributed by atoms with Gasteiger partial charge in [0.15, 0.2) is 0 Å². The lowest BCUT2D eigenvalue weighted by Crippen LogP contribution is -2.05. The second-order valence-corrected chi connectivity index (χ2v) is 5.83. The number of fused-ring (bicyclic) bond motifs is 1. The van der Waals surface area contributed by atoms with Gasteiger partial charge in [-0.05, 0) is 52.4 Å². The van der Waals surface area contributed by atoms with Crippen LogP contribution >= 0.6 is 15.9 Å². The molecular weight excluding hydrogens is 262 g/mol. The van der Waals surface area contributed by atoms with Gasteiger partial charge >= 0.3 is 0 Å². The molecule has 1 aromatic carbocycles. The second-order valence-electron chi connectivity index (χ2n) is 5.08. The van der Waals surface area contributed by atoms with Crippen LogP contribution in [0.5, 0.6) is 0 Å². The van der Waals surface area contributed by atoms with E-state index in [1.165, 1.54) is 53.3 Å². The molecule has 3 aliphatic rings. The van der Waals surface area contributed by atoms with Crippen molar-refractivity contribution >= 4 is 26.8 Å². The van der Waals surface area contributed by atoms with Crippen LogP contribution in [0.1, 0.15) is 43.6 Å². The second kappa shape index (κ2) is 3.13. The summed E-state index contributed by atoms with van der Waals surface area (Å²) in [6, 6.07) is 6.84. The molecule has 16 heavy (non-hydrogen) atoms. The third kappa shape index (κ3) is 1.01. The lowest BCUT2D eigenvalue weighted by Gasteiger charge is -2.21. The van der Waals surface area contributed by atoms with Gasteiger partial charge < -0.3 is 4.57 Å². The van der Waals surface area contributed by atoms with Gasteiger partial charge in [0.05, 0.1) is 10.1 Å². The molecule has 82 valence electrons.